The van der Waals surface area contributed by atoms with E-state index < -0.39 is 0 Å². The number of hydrogen-bond donors (Lipinski definition) is 3. The molecule has 3 N–H and O–H groups in total. The Labute approximate surface area is 182 Å². The summed E-state index contributed by atoms with van der Waals surface area (Å²) in [4.78, 5) is 5.63. The second kappa shape index (κ2) is 10.7. The number of rotatable bonds is 9. The second-order valence-corrected chi connectivity index (χ2v) is 7.42. The number of hydrogen-bond acceptors (Lipinski definition) is 4. The number of benzene rings is 3. The van der Waals surface area contributed by atoms with Crippen molar-refractivity contribution in [3.63, 3.8) is 0 Å². The van der Waals surface area contributed by atoms with Crippen molar-refractivity contribution in [1.29, 1.82) is 0 Å². The summed E-state index contributed by atoms with van der Waals surface area (Å²) < 4.78 is 0. The van der Waals surface area contributed by atoms with Crippen LogP contribution in [-0.2, 0) is 6.54 Å². The highest BCUT2D eigenvalue weighted by Gasteiger charge is 2.18. The molecular formula is C24H24ClN3O2. The first-order valence-electron chi connectivity index (χ1n) is 9.68. The van der Waals surface area contributed by atoms with Crippen LogP contribution in [0.3, 0.4) is 0 Å². The predicted molar refractivity (Wildman–Crippen MR) is 121 cm³/mol. The fraction of sp³-hybridized carbons (Fsp3) is 0.208. The number of nitrogens with zero attached hydrogens (tertiary/aromatic N) is 2. The SMILES string of the molecule is [C-]#[N+]c1ccc([C@H](CN(CCO)Cc2ccccc2)Nc2ccc(O)cc2Cl)cc1. The molecule has 0 aliphatic rings. The topological polar surface area (TPSA) is 60.1 Å². The van der Waals surface area contributed by atoms with Gasteiger partial charge in [-0.15, -0.1) is 0 Å². The van der Waals surface area contributed by atoms with E-state index in [4.69, 9.17) is 18.2 Å². The van der Waals surface area contributed by atoms with Crippen molar-refractivity contribution in [3.8, 4) is 5.75 Å². The van der Waals surface area contributed by atoms with Gasteiger partial charge in [0.15, 0.2) is 5.69 Å². The summed E-state index contributed by atoms with van der Waals surface area (Å²) in [6.07, 6.45) is 0. The van der Waals surface area contributed by atoms with Gasteiger partial charge >= 0.3 is 0 Å². The van der Waals surface area contributed by atoms with Gasteiger partial charge in [0.05, 0.1) is 29.9 Å². The van der Waals surface area contributed by atoms with Gasteiger partial charge in [0, 0.05) is 25.7 Å². The number of aliphatic hydroxyl groups excluding tert-OH is 1. The molecule has 0 saturated carbocycles. The maximum atomic E-state index is 9.65. The van der Waals surface area contributed by atoms with Gasteiger partial charge in [-0.05, 0) is 23.3 Å². The number of anilines is 1. The molecule has 1 atom stereocenters. The lowest BCUT2D eigenvalue weighted by atomic mass is 10.0. The minimum absolute atomic E-state index is 0.0518. The molecule has 0 aliphatic heterocycles. The molecule has 0 spiro atoms. The van der Waals surface area contributed by atoms with E-state index in [1.54, 1.807) is 24.3 Å². The molecule has 30 heavy (non-hydrogen) atoms. The molecule has 0 bridgehead atoms. The van der Waals surface area contributed by atoms with Crippen molar-refractivity contribution in [3.05, 3.63) is 100 Å². The summed E-state index contributed by atoms with van der Waals surface area (Å²) in [6.45, 7) is 9.06. The first-order valence-corrected chi connectivity index (χ1v) is 10.1. The molecule has 3 aromatic carbocycles. The average molecular weight is 422 g/mol. The summed E-state index contributed by atoms with van der Waals surface area (Å²) in [7, 11) is 0. The van der Waals surface area contributed by atoms with Crippen molar-refractivity contribution in [2.45, 2.75) is 12.6 Å². The van der Waals surface area contributed by atoms with Crippen LogP contribution in [0.2, 0.25) is 5.02 Å². The third-order valence-corrected chi connectivity index (χ3v) is 5.13. The Balaban J connectivity index is 1.87. The third kappa shape index (κ3) is 5.98. The fourth-order valence-electron chi connectivity index (χ4n) is 3.30. The first-order chi connectivity index (χ1) is 14.6. The van der Waals surface area contributed by atoms with Crippen LogP contribution in [0, 0.1) is 6.57 Å². The highest BCUT2D eigenvalue weighted by Crippen LogP contribution is 2.30. The largest absolute Gasteiger partial charge is 0.508 e. The molecule has 154 valence electrons. The van der Waals surface area contributed by atoms with Crippen molar-refractivity contribution in [1.82, 2.24) is 4.90 Å². The number of aliphatic hydroxyl groups is 1. The van der Waals surface area contributed by atoms with Crippen LogP contribution in [0.5, 0.6) is 5.75 Å². The summed E-state index contributed by atoms with van der Waals surface area (Å²) in [5, 5.41) is 23.1. The Morgan fingerprint density at radius 2 is 1.77 bits per heavy atom. The van der Waals surface area contributed by atoms with Gasteiger partial charge in [-0.1, -0.05) is 66.2 Å². The van der Waals surface area contributed by atoms with Crippen molar-refractivity contribution >= 4 is 23.0 Å². The van der Waals surface area contributed by atoms with Gasteiger partial charge in [0.2, 0.25) is 0 Å². The van der Waals surface area contributed by atoms with Crippen LogP contribution >= 0.6 is 11.6 Å². The van der Waals surface area contributed by atoms with Crippen molar-refractivity contribution in [2.24, 2.45) is 0 Å². The normalized spacial score (nSPS) is 11.8. The maximum Gasteiger partial charge on any atom is 0.187 e. The summed E-state index contributed by atoms with van der Waals surface area (Å²) in [5.74, 6) is 0.106. The van der Waals surface area contributed by atoms with Crippen LogP contribution in [0.25, 0.3) is 4.85 Å². The zero-order valence-electron chi connectivity index (χ0n) is 16.5. The van der Waals surface area contributed by atoms with E-state index in [-0.39, 0.29) is 18.4 Å². The number of aromatic hydroxyl groups is 1. The van der Waals surface area contributed by atoms with Gasteiger partial charge in [-0.3, -0.25) is 4.90 Å². The Morgan fingerprint density at radius 1 is 1.03 bits per heavy atom. The van der Waals surface area contributed by atoms with Gasteiger partial charge in [-0.25, -0.2) is 4.85 Å². The zero-order chi connectivity index (χ0) is 21.3. The third-order valence-electron chi connectivity index (χ3n) is 4.81. The van der Waals surface area contributed by atoms with Gasteiger partial charge in [0.1, 0.15) is 5.75 Å². The average Bonchev–Trinajstić information content (AvgIpc) is 2.76. The highest BCUT2D eigenvalue weighted by molar-refractivity contribution is 6.33. The van der Waals surface area contributed by atoms with E-state index in [9.17, 15) is 10.2 Å². The summed E-state index contributed by atoms with van der Waals surface area (Å²) in [5.41, 5.74) is 3.45. The monoisotopic (exact) mass is 421 g/mol. The molecule has 0 saturated heterocycles. The van der Waals surface area contributed by atoms with Gasteiger partial charge in [0.25, 0.3) is 0 Å². The molecule has 5 nitrogen and oxygen atoms in total. The number of nitrogens with one attached hydrogen (secondary N) is 1. The van der Waals surface area contributed by atoms with Gasteiger partial charge < -0.3 is 15.5 Å². The van der Waals surface area contributed by atoms with Crippen LogP contribution in [0.1, 0.15) is 17.2 Å². The van der Waals surface area contributed by atoms with Crippen molar-refractivity contribution < 1.29 is 10.2 Å². The molecule has 3 rings (SSSR count). The van der Waals surface area contributed by atoms with E-state index in [0.29, 0.717) is 36.0 Å². The van der Waals surface area contributed by atoms with Crippen LogP contribution in [0.15, 0.2) is 72.8 Å². The van der Waals surface area contributed by atoms with E-state index in [2.05, 4.69) is 27.2 Å². The van der Waals surface area contributed by atoms with E-state index in [1.165, 1.54) is 6.07 Å². The van der Waals surface area contributed by atoms with Crippen LogP contribution < -0.4 is 5.32 Å². The smallest absolute Gasteiger partial charge is 0.187 e. The van der Waals surface area contributed by atoms with Crippen LogP contribution in [-0.4, -0.2) is 34.8 Å². The van der Waals surface area contributed by atoms with E-state index >= 15 is 0 Å². The second-order valence-electron chi connectivity index (χ2n) is 7.01. The molecule has 0 heterocycles. The molecule has 3 aromatic rings. The molecule has 0 radical (unpaired) electrons. The molecule has 6 heteroatoms. The van der Waals surface area contributed by atoms with E-state index in [1.807, 2.05) is 30.3 Å². The lowest BCUT2D eigenvalue weighted by molar-refractivity contribution is 0.185. The number of phenolic OH excluding ortho intramolecular Hbond substituents is 1. The fourth-order valence-corrected chi connectivity index (χ4v) is 3.53. The zero-order valence-corrected chi connectivity index (χ0v) is 17.3. The van der Waals surface area contributed by atoms with Crippen molar-refractivity contribution in [2.75, 3.05) is 25.0 Å². The Morgan fingerprint density at radius 3 is 2.40 bits per heavy atom. The standard InChI is InChI=1S/C24H24ClN3O2/c1-26-20-9-7-19(8-10-20)24(27-23-12-11-21(30)15-22(23)25)17-28(13-14-29)16-18-5-3-2-4-6-18/h2-12,15,24,27,29-30H,13-14,16-17H2/t24-/m0/s1. The molecule has 0 amide bonds. The summed E-state index contributed by atoms with van der Waals surface area (Å²) in [6, 6.07) is 22.3. The van der Waals surface area contributed by atoms with Gasteiger partial charge in [-0.2, -0.15) is 0 Å². The Bertz CT molecular complexity index is 988. The lowest BCUT2D eigenvalue weighted by Gasteiger charge is -2.29. The molecular weight excluding hydrogens is 398 g/mol. The first kappa shape index (κ1) is 21.7. The number of phenols is 1. The minimum Gasteiger partial charge on any atom is -0.508 e. The Hall–Kier alpha value is -3.04. The Kier molecular flexibility index (Phi) is 7.69. The molecule has 0 unspecified atom stereocenters. The van der Waals surface area contributed by atoms with E-state index in [0.717, 1.165) is 11.1 Å². The molecule has 0 aliphatic carbocycles. The highest BCUT2D eigenvalue weighted by atomic mass is 35.5. The quantitative estimate of drug-likeness (QED) is 0.326. The predicted octanol–water partition coefficient (Wildman–Crippen LogP) is 5.24. The number of halogens is 1. The lowest BCUT2D eigenvalue weighted by Crippen LogP contribution is -2.33. The molecule has 0 fully saturated rings. The summed E-state index contributed by atoms with van der Waals surface area (Å²) >= 11 is 6.32. The minimum atomic E-state index is -0.137. The van der Waals surface area contributed by atoms with Crippen LogP contribution in [0.4, 0.5) is 11.4 Å². The molecule has 0 aromatic heterocycles. The maximum absolute atomic E-state index is 9.65.